The van der Waals surface area contributed by atoms with E-state index in [-0.39, 0.29) is 0 Å². The van der Waals surface area contributed by atoms with E-state index >= 15 is 0 Å². The van der Waals surface area contributed by atoms with Crippen LogP contribution in [0.3, 0.4) is 0 Å². The van der Waals surface area contributed by atoms with Crippen molar-refractivity contribution in [3.63, 3.8) is 0 Å². The van der Waals surface area contributed by atoms with Crippen LogP contribution in [0.15, 0.2) is 28.3 Å². The standard InChI is InChI=1S/C13H17N3OS/c1-16(2)13(14)9-4-5-10(12(8-9)18-3)11-6-7-17-15-11/h4-5,8,14H,6-7H2,1-3H3. The van der Waals surface area contributed by atoms with Crippen LogP contribution in [0.2, 0.25) is 0 Å². The van der Waals surface area contributed by atoms with Crippen molar-refractivity contribution in [2.45, 2.75) is 11.3 Å². The van der Waals surface area contributed by atoms with Crippen molar-refractivity contribution in [2.75, 3.05) is 27.0 Å². The number of benzene rings is 1. The third-order valence-corrected chi connectivity index (χ3v) is 3.62. The molecule has 0 fully saturated rings. The second kappa shape index (κ2) is 5.44. The van der Waals surface area contributed by atoms with E-state index in [0.29, 0.717) is 12.4 Å². The highest BCUT2D eigenvalue weighted by atomic mass is 32.2. The molecule has 1 heterocycles. The summed E-state index contributed by atoms with van der Waals surface area (Å²) in [4.78, 5) is 8.00. The molecule has 96 valence electrons. The first-order chi connectivity index (χ1) is 8.63. The molecular weight excluding hydrogens is 246 g/mol. The number of hydrogen-bond acceptors (Lipinski definition) is 4. The number of rotatable bonds is 3. The fourth-order valence-electron chi connectivity index (χ4n) is 1.83. The Balaban J connectivity index is 2.37. The van der Waals surface area contributed by atoms with Gasteiger partial charge >= 0.3 is 0 Å². The van der Waals surface area contributed by atoms with Crippen LogP contribution in [0.25, 0.3) is 0 Å². The van der Waals surface area contributed by atoms with Gasteiger partial charge in [0.2, 0.25) is 0 Å². The number of thioether (sulfide) groups is 1. The SMILES string of the molecule is CSc1cc(C(=N)N(C)C)ccc1C1=NOCC1. The third kappa shape index (κ3) is 2.51. The van der Waals surface area contributed by atoms with Gasteiger partial charge < -0.3 is 9.74 Å². The van der Waals surface area contributed by atoms with Crippen molar-refractivity contribution >= 4 is 23.3 Å². The Morgan fingerprint density at radius 3 is 2.78 bits per heavy atom. The molecule has 0 atom stereocenters. The quantitative estimate of drug-likeness (QED) is 0.517. The average molecular weight is 263 g/mol. The van der Waals surface area contributed by atoms with Crippen LogP contribution in [-0.4, -0.2) is 43.4 Å². The summed E-state index contributed by atoms with van der Waals surface area (Å²) in [6, 6.07) is 6.05. The van der Waals surface area contributed by atoms with Crippen LogP contribution >= 0.6 is 11.8 Å². The van der Waals surface area contributed by atoms with Gasteiger partial charge in [0, 0.05) is 36.5 Å². The minimum atomic E-state index is 0.515. The normalized spacial score (nSPS) is 14.1. The summed E-state index contributed by atoms with van der Waals surface area (Å²) < 4.78 is 0. The lowest BCUT2D eigenvalue weighted by Crippen LogP contribution is -2.21. The maximum atomic E-state index is 8.00. The summed E-state index contributed by atoms with van der Waals surface area (Å²) in [5.74, 6) is 0.515. The van der Waals surface area contributed by atoms with Crippen LogP contribution in [0.4, 0.5) is 0 Å². The fourth-order valence-corrected chi connectivity index (χ4v) is 2.48. The summed E-state index contributed by atoms with van der Waals surface area (Å²) in [6.07, 6.45) is 2.90. The van der Waals surface area contributed by atoms with Crippen LogP contribution in [-0.2, 0) is 4.84 Å². The van der Waals surface area contributed by atoms with Gasteiger partial charge in [0.15, 0.2) is 0 Å². The van der Waals surface area contributed by atoms with Gasteiger partial charge in [-0.05, 0) is 12.3 Å². The van der Waals surface area contributed by atoms with E-state index in [1.54, 1.807) is 16.7 Å². The van der Waals surface area contributed by atoms with Crippen molar-refractivity contribution in [3.8, 4) is 0 Å². The summed E-state index contributed by atoms with van der Waals surface area (Å²) in [7, 11) is 3.76. The van der Waals surface area contributed by atoms with Crippen molar-refractivity contribution < 1.29 is 4.84 Å². The zero-order valence-electron chi connectivity index (χ0n) is 10.9. The van der Waals surface area contributed by atoms with Crippen molar-refractivity contribution in [1.29, 1.82) is 5.41 Å². The topological polar surface area (TPSA) is 48.7 Å². The van der Waals surface area contributed by atoms with Crippen LogP contribution in [0.1, 0.15) is 17.5 Å². The molecule has 1 aromatic rings. The summed E-state index contributed by atoms with van der Waals surface area (Å²) in [6.45, 7) is 0.665. The molecule has 5 heteroatoms. The smallest absolute Gasteiger partial charge is 0.127 e. The highest BCUT2D eigenvalue weighted by Crippen LogP contribution is 2.25. The van der Waals surface area contributed by atoms with E-state index in [0.717, 1.165) is 28.2 Å². The van der Waals surface area contributed by atoms with Crippen LogP contribution in [0.5, 0.6) is 0 Å². The Labute approximate surface area is 112 Å². The number of amidine groups is 1. The van der Waals surface area contributed by atoms with Crippen molar-refractivity contribution in [2.24, 2.45) is 5.16 Å². The lowest BCUT2D eigenvalue weighted by molar-refractivity contribution is 0.174. The predicted octanol–water partition coefficient (Wildman–Crippen LogP) is 2.42. The molecule has 0 amide bonds. The zero-order valence-corrected chi connectivity index (χ0v) is 11.7. The van der Waals surface area contributed by atoms with Gasteiger partial charge in [0.05, 0.1) is 5.71 Å². The molecule has 0 aliphatic carbocycles. The molecule has 18 heavy (non-hydrogen) atoms. The highest BCUT2D eigenvalue weighted by Gasteiger charge is 2.16. The van der Waals surface area contributed by atoms with E-state index in [2.05, 4.69) is 5.16 Å². The number of nitrogens with one attached hydrogen (secondary N) is 1. The van der Waals surface area contributed by atoms with Gasteiger partial charge in [0.25, 0.3) is 0 Å². The Hall–Kier alpha value is -1.49. The monoisotopic (exact) mass is 263 g/mol. The molecule has 4 nitrogen and oxygen atoms in total. The molecule has 0 radical (unpaired) electrons. The van der Waals surface area contributed by atoms with E-state index in [9.17, 15) is 0 Å². The fraction of sp³-hybridized carbons (Fsp3) is 0.385. The lowest BCUT2D eigenvalue weighted by atomic mass is 10.0. The number of oxime groups is 1. The summed E-state index contributed by atoms with van der Waals surface area (Å²) in [5.41, 5.74) is 3.05. The number of nitrogens with zero attached hydrogens (tertiary/aromatic N) is 2. The largest absolute Gasteiger partial charge is 0.395 e. The molecule has 0 saturated heterocycles. The molecular formula is C13H17N3OS. The third-order valence-electron chi connectivity index (χ3n) is 2.84. The predicted molar refractivity (Wildman–Crippen MR) is 75.8 cm³/mol. The maximum absolute atomic E-state index is 8.00. The number of hydrogen-bond donors (Lipinski definition) is 1. The molecule has 0 saturated carbocycles. The molecule has 1 aliphatic rings. The van der Waals surface area contributed by atoms with Gasteiger partial charge in [-0.2, -0.15) is 0 Å². The minimum absolute atomic E-state index is 0.515. The second-order valence-corrected chi connectivity index (χ2v) is 5.13. The van der Waals surface area contributed by atoms with Gasteiger partial charge in [-0.15, -0.1) is 11.8 Å². The van der Waals surface area contributed by atoms with E-state index < -0.39 is 0 Å². The molecule has 0 bridgehead atoms. The molecule has 0 spiro atoms. The molecule has 1 N–H and O–H groups in total. The Kier molecular flexibility index (Phi) is 3.91. The minimum Gasteiger partial charge on any atom is -0.395 e. The van der Waals surface area contributed by atoms with E-state index in [1.807, 2.05) is 38.6 Å². The Morgan fingerprint density at radius 1 is 1.44 bits per heavy atom. The first-order valence-electron chi connectivity index (χ1n) is 5.77. The first kappa shape index (κ1) is 13.0. The van der Waals surface area contributed by atoms with Crippen molar-refractivity contribution in [3.05, 3.63) is 29.3 Å². The van der Waals surface area contributed by atoms with E-state index in [4.69, 9.17) is 10.2 Å². The lowest BCUT2D eigenvalue weighted by Gasteiger charge is -2.15. The molecule has 2 rings (SSSR count). The van der Waals surface area contributed by atoms with Crippen LogP contribution in [0, 0.1) is 5.41 Å². The van der Waals surface area contributed by atoms with Crippen molar-refractivity contribution in [1.82, 2.24) is 4.90 Å². The molecule has 0 unspecified atom stereocenters. The van der Waals surface area contributed by atoms with E-state index in [1.165, 1.54) is 0 Å². The summed E-state index contributed by atoms with van der Waals surface area (Å²) in [5, 5.41) is 12.1. The molecule has 1 aliphatic heterocycles. The van der Waals surface area contributed by atoms with Crippen LogP contribution < -0.4 is 0 Å². The highest BCUT2D eigenvalue weighted by molar-refractivity contribution is 7.98. The summed E-state index contributed by atoms with van der Waals surface area (Å²) >= 11 is 1.67. The van der Waals surface area contributed by atoms with Gasteiger partial charge in [0.1, 0.15) is 12.4 Å². The Morgan fingerprint density at radius 2 is 2.22 bits per heavy atom. The molecule has 0 aromatic heterocycles. The molecule has 1 aromatic carbocycles. The second-order valence-electron chi connectivity index (χ2n) is 4.28. The first-order valence-corrected chi connectivity index (χ1v) is 6.99. The van der Waals surface area contributed by atoms with Gasteiger partial charge in [-0.25, -0.2) is 0 Å². The van der Waals surface area contributed by atoms with Gasteiger partial charge in [-0.1, -0.05) is 17.3 Å². The Bertz CT molecular complexity index is 497. The maximum Gasteiger partial charge on any atom is 0.127 e. The average Bonchev–Trinajstić information content (AvgIpc) is 2.90. The zero-order chi connectivity index (χ0) is 13.1. The van der Waals surface area contributed by atoms with Gasteiger partial charge in [-0.3, -0.25) is 5.41 Å².